The minimum Gasteiger partial charge on any atom is -0.480 e. The van der Waals surface area contributed by atoms with E-state index in [2.05, 4.69) is 21.7 Å². The number of nitrogens with one attached hydrogen (secondary N) is 2. The number of carbonyl (C=O) groups is 5. The largest absolute Gasteiger partial charge is 0.480 e. The molecule has 12 nitrogen and oxygen atoms in total. The maximum Gasteiger partial charge on any atom is 0.322 e. The molecule has 1 aliphatic heterocycles. The molecule has 0 radical (unpaired) electrons. The maximum absolute atomic E-state index is 13.2. The Morgan fingerprint density at radius 1 is 1.23 bits per heavy atom. The predicted molar refractivity (Wildman–Crippen MR) is 157 cm³/mol. The second-order valence-corrected chi connectivity index (χ2v) is 12.2. The first-order valence-electron chi connectivity index (χ1n) is 14.2. The number of pyridine rings is 1. The van der Waals surface area contributed by atoms with Gasteiger partial charge in [-0.15, -0.1) is 11.8 Å². The average molecular weight is 613 g/mol. The van der Waals surface area contributed by atoms with E-state index in [1.54, 1.807) is 12.4 Å². The van der Waals surface area contributed by atoms with Crippen LogP contribution in [0.4, 0.5) is 0 Å². The number of allylic oxidation sites excluding steroid dienone is 2. The fourth-order valence-corrected chi connectivity index (χ4v) is 7.13. The van der Waals surface area contributed by atoms with Gasteiger partial charge in [0.15, 0.2) is 0 Å². The van der Waals surface area contributed by atoms with Crippen molar-refractivity contribution in [2.75, 3.05) is 12.3 Å². The summed E-state index contributed by atoms with van der Waals surface area (Å²) < 4.78 is 5.19. The Balaban J connectivity index is 1.54. The summed E-state index contributed by atoms with van der Waals surface area (Å²) in [5, 5.41) is 22.9. The number of hydrogen-bond acceptors (Lipinski definition) is 9. The van der Waals surface area contributed by atoms with Gasteiger partial charge in [-0.1, -0.05) is 37.1 Å². The molecule has 0 unspecified atom stereocenters. The lowest BCUT2D eigenvalue weighted by Gasteiger charge is -2.37. The molecular formula is C30H36N4O8S. The van der Waals surface area contributed by atoms with Crippen LogP contribution in [0.15, 0.2) is 59.7 Å². The minimum absolute atomic E-state index is 0.00771. The van der Waals surface area contributed by atoms with Crippen molar-refractivity contribution >= 4 is 41.5 Å². The fraction of sp³-hybridized carbons (Fsp3) is 0.467. The number of hydrogen-bond donors (Lipinski definition) is 5. The Labute approximate surface area is 253 Å². The number of carboxylic acids is 2. The van der Waals surface area contributed by atoms with Crippen LogP contribution in [-0.4, -0.2) is 74.0 Å². The number of nitrogens with zero attached hydrogens (tertiary/aromatic N) is 1. The minimum atomic E-state index is -1.25. The molecule has 1 aromatic rings. The Hall–Kier alpha value is -3.97. The van der Waals surface area contributed by atoms with Crippen LogP contribution in [-0.2, 0) is 35.1 Å². The highest BCUT2D eigenvalue weighted by atomic mass is 32.2. The molecule has 230 valence electrons. The smallest absolute Gasteiger partial charge is 0.322 e. The van der Waals surface area contributed by atoms with Gasteiger partial charge in [0.2, 0.25) is 11.8 Å². The fourth-order valence-electron chi connectivity index (χ4n) is 5.62. The van der Waals surface area contributed by atoms with Crippen molar-refractivity contribution in [2.24, 2.45) is 17.6 Å². The van der Waals surface area contributed by atoms with E-state index in [1.807, 2.05) is 31.2 Å². The molecule has 1 aromatic heterocycles. The van der Waals surface area contributed by atoms with Gasteiger partial charge in [0, 0.05) is 30.5 Å². The average Bonchev–Trinajstić information content (AvgIpc) is 3.32. The molecule has 13 heteroatoms. The third-order valence-electron chi connectivity index (χ3n) is 7.69. The van der Waals surface area contributed by atoms with Crippen molar-refractivity contribution in [1.82, 2.24) is 15.6 Å². The van der Waals surface area contributed by atoms with E-state index < -0.39 is 53.0 Å². The van der Waals surface area contributed by atoms with Crippen LogP contribution in [0.1, 0.15) is 44.6 Å². The summed E-state index contributed by atoms with van der Waals surface area (Å²) in [7, 11) is 0. The molecule has 3 aliphatic rings. The molecule has 2 heterocycles. The molecule has 5 atom stereocenters. The van der Waals surface area contributed by atoms with Crippen LogP contribution in [0, 0.1) is 11.8 Å². The summed E-state index contributed by atoms with van der Waals surface area (Å²) >= 11 is 1.34. The molecule has 0 saturated heterocycles. The van der Waals surface area contributed by atoms with E-state index in [4.69, 9.17) is 20.7 Å². The molecule has 0 fully saturated rings. The highest BCUT2D eigenvalue weighted by Crippen LogP contribution is 2.53. The lowest BCUT2D eigenvalue weighted by atomic mass is 9.72. The van der Waals surface area contributed by atoms with E-state index in [0.29, 0.717) is 18.6 Å². The van der Waals surface area contributed by atoms with Crippen molar-refractivity contribution in [3.05, 3.63) is 65.2 Å². The first-order chi connectivity index (χ1) is 20.5. The molecule has 2 amide bonds. The first kappa shape index (κ1) is 32.0. The van der Waals surface area contributed by atoms with E-state index in [0.717, 1.165) is 29.6 Å². The zero-order valence-corrected chi connectivity index (χ0v) is 24.6. The molecule has 0 bridgehead atoms. The second kappa shape index (κ2) is 14.0. The van der Waals surface area contributed by atoms with Crippen LogP contribution < -0.4 is 16.4 Å². The molecule has 2 aliphatic carbocycles. The van der Waals surface area contributed by atoms with E-state index in [-0.39, 0.29) is 30.5 Å². The van der Waals surface area contributed by atoms with Crippen molar-refractivity contribution in [3.63, 3.8) is 0 Å². The Morgan fingerprint density at radius 2 is 1.98 bits per heavy atom. The van der Waals surface area contributed by atoms with Gasteiger partial charge in [0.25, 0.3) is 0 Å². The predicted octanol–water partition coefficient (Wildman–Crippen LogP) is 1.72. The van der Waals surface area contributed by atoms with Crippen LogP contribution in [0.5, 0.6) is 0 Å². The lowest BCUT2D eigenvalue weighted by Crippen LogP contribution is -2.50. The monoisotopic (exact) mass is 612 g/mol. The molecule has 6 N–H and O–H groups in total. The summed E-state index contributed by atoms with van der Waals surface area (Å²) in [6.45, 7) is 1.37. The highest BCUT2D eigenvalue weighted by Gasteiger charge is 2.50. The summed E-state index contributed by atoms with van der Waals surface area (Å²) in [5.74, 6) is -4.02. The molecule has 43 heavy (non-hydrogen) atoms. The van der Waals surface area contributed by atoms with Gasteiger partial charge >= 0.3 is 17.9 Å². The third-order valence-corrected chi connectivity index (χ3v) is 9.24. The Bertz CT molecular complexity index is 1360. The Morgan fingerprint density at radius 3 is 2.65 bits per heavy atom. The third kappa shape index (κ3) is 7.71. The van der Waals surface area contributed by atoms with Crippen LogP contribution in [0.3, 0.4) is 0 Å². The molecule has 4 rings (SSSR count). The van der Waals surface area contributed by atoms with Crippen LogP contribution in [0.25, 0.3) is 0 Å². The van der Waals surface area contributed by atoms with Gasteiger partial charge in [-0.2, -0.15) is 0 Å². The zero-order chi connectivity index (χ0) is 31.1. The zero-order valence-electron chi connectivity index (χ0n) is 23.8. The number of rotatable bonds is 15. The molecular weight excluding hydrogens is 576 g/mol. The summed E-state index contributed by atoms with van der Waals surface area (Å²) in [4.78, 5) is 64.9. The van der Waals surface area contributed by atoms with Crippen LogP contribution >= 0.6 is 11.8 Å². The standard InChI is InChI=1S/C30H36N4O8S/c1-2-8-30(43-16-22(27(38)33-15-24(36)37)34-23(35)4-3-21(31)28(39)40)9-5-19-13-18(12-17-6-10-32-11-7-17)14-20-25(19)26(30)42-29(20)41/h5-7,9-11,14,19-22H,2-4,8,12-13,15-16,31H2,1H3,(H,33,38)(H,34,35)(H,36,37)(H,39,40)/t19-,20+,21+,22+,30-/m1/s1. The number of carboxylic acid groups (broad SMARTS) is 2. The Kier molecular flexibility index (Phi) is 10.4. The summed E-state index contributed by atoms with van der Waals surface area (Å²) in [6.07, 6.45) is 12.0. The summed E-state index contributed by atoms with van der Waals surface area (Å²) in [5.41, 5.74) is 8.67. The number of esters is 1. The number of carbonyl (C=O) groups excluding carboxylic acids is 3. The van der Waals surface area contributed by atoms with Crippen molar-refractivity contribution in [3.8, 4) is 0 Å². The van der Waals surface area contributed by atoms with E-state index in [1.165, 1.54) is 11.8 Å². The maximum atomic E-state index is 13.2. The van der Waals surface area contributed by atoms with E-state index >= 15 is 0 Å². The molecule has 0 aromatic carbocycles. The van der Waals surface area contributed by atoms with E-state index in [9.17, 15) is 24.0 Å². The topological polar surface area (TPSA) is 198 Å². The molecule has 0 spiro atoms. The first-order valence-corrected chi connectivity index (χ1v) is 15.2. The highest BCUT2D eigenvalue weighted by molar-refractivity contribution is 8.01. The second-order valence-electron chi connectivity index (χ2n) is 10.9. The van der Waals surface area contributed by atoms with Gasteiger partial charge in [0.05, 0.1) is 4.75 Å². The van der Waals surface area contributed by atoms with Crippen molar-refractivity contribution in [2.45, 2.75) is 62.3 Å². The van der Waals surface area contributed by atoms with Crippen molar-refractivity contribution in [1.29, 1.82) is 0 Å². The normalized spacial score (nSPS) is 23.5. The molecule has 0 saturated carbocycles. The van der Waals surface area contributed by atoms with Gasteiger partial charge in [-0.25, -0.2) is 0 Å². The van der Waals surface area contributed by atoms with Gasteiger partial charge < -0.3 is 31.3 Å². The summed E-state index contributed by atoms with van der Waals surface area (Å²) in [6, 6.07) is 1.54. The number of nitrogens with two attached hydrogens (primary N) is 1. The number of aromatic nitrogens is 1. The number of ether oxygens (including phenoxy) is 1. The van der Waals surface area contributed by atoms with Gasteiger partial charge in [-0.05, 0) is 49.0 Å². The van der Waals surface area contributed by atoms with Gasteiger partial charge in [-0.3, -0.25) is 29.0 Å². The number of amides is 2. The number of thioether (sulfide) groups is 1. The number of aliphatic carboxylic acids is 2. The lowest BCUT2D eigenvalue weighted by molar-refractivity contribution is -0.140. The quantitative estimate of drug-likeness (QED) is 0.143. The van der Waals surface area contributed by atoms with Crippen LogP contribution in [0.2, 0.25) is 0 Å². The SMILES string of the molecule is CCC[C@@]1(SC[C@H](NC(=O)CC[C@H](N)C(=O)O)C(=O)NCC(=O)O)C=C[C@@H]2CC(Cc3ccncc3)=C[C@@H]3C(=O)OC1=C32. The van der Waals surface area contributed by atoms with Crippen molar-refractivity contribution < 1.29 is 38.9 Å². The van der Waals surface area contributed by atoms with Gasteiger partial charge in [0.1, 0.15) is 30.3 Å².